The molecule has 8 heteroatoms. The van der Waals surface area contributed by atoms with Crippen molar-refractivity contribution in [3.63, 3.8) is 0 Å². The maximum Gasteiger partial charge on any atom is 0.325 e. The van der Waals surface area contributed by atoms with Crippen molar-refractivity contribution in [1.82, 2.24) is 10.2 Å². The topological polar surface area (TPSA) is 79.0 Å². The van der Waals surface area contributed by atoms with Gasteiger partial charge in [-0.3, -0.25) is 14.5 Å². The highest BCUT2D eigenvalue weighted by Crippen LogP contribution is 2.38. The van der Waals surface area contributed by atoms with Crippen LogP contribution in [0.5, 0.6) is 5.75 Å². The number of carbonyl (C=O) groups excluding carboxylic acids is 3. The van der Waals surface area contributed by atoms with Crippen molar-refractivity contribution in [3.8, 4) is 5.75 Å². The molecule has 0 aliphatic carbocycles. The number of methoxy groups -OCH3 is 1. The minimum Gasteiger partial charge on any atom is -0.497 e. The zero-order valence-corrected chi connectivity index (χ0v) is 20.7. The highest BCUT2D eigenvalue weighted by atomic mass is 32.2. The summed E-state index contributed by atoms with van der Waals surface area (Å²) in [7, 11) is 1.61. The van der Waals surface area contributed by atoms with Crippen LogP contribution in [-0.2, 0) is 15.1 Å². The van der Waals surface area contributed by atoms with Crippen molar-refractivity contribution >= 4 is 46.1 Å². The van der Waals surface area contributed by atoms with Gasteiger partial charge in [0.05, 0.1) is 12.8 Å². The first kappa shape index (κ1) is 23.2. The first-order valence-electron chi connectivity index (χ1n) is 11.6. The zero-order valence-electron chi connectivity index (χ0n) is 19.9. The van der Waals surface area contributed by atoms with Crippen LogP contribution in [0.1, 0.15) is 25.8 Å². The van der Waals surface area contributed by atoms with Crippen molar-refractivity contribution in [1.29, 1.82) is 0 Å². The van der Waals surface area contributed by atoms with E-state index in [1.807, 2.05) is 60.7 Å². The Labute approximate surface area is 208 Å². The fraction of sp³-hybridized carbons (Fsp3) is 0.296. The lowest BCUT2D eigenvalue weighted by Crippen LogP contribution is -2.45. The number of thioether (sulfide) groups is 1. The van der Waals surface area contributed by atoms with Gasteiger partial charge in [-0.15, -0.1) is 11.8 Å². The summed E-state index contributed by atoms with van der Waals surface area (Å²) in [6.07, 6.45) is 0.824. The maximum absolute atomic E-state index is 13.5. The fourth-order valence-electron chi connectivity index (χ4n) is 4.66. The minimum absolute atomic E-state index is 0.273. The second-order valence-corrected chi connectivity index (χ2v) is 10.6. The minimum atomic E-state index is -1.26. The molecule has 7 nitrogen and oxygen atoms in total. The molecule has 2 atom stereocenters. The Kier molecular flexibility index (Phi) is 5.92. The van der Waals surface area contributed by atoms with Crippen molar-refractivity contribution in [2.45, 2.75) is 36.0 Å². The predicted octanol–water partition coefficient (Wildman–Crippen LogP) is 4.53. The highest BCUT2D eigenvalue weighted by molar-refractivity contribution is 8.00. The molecule has 2 aliphatic rings. The first-order valence-corrected chi connectivity index (χ1v) is 12.5. The molecule has 5 rings (SSSR count). The van der Waals surface area contributed by atoms with Crippen molar-refractivity contribution in [3.05, 3.63) is 66.2 Å². The number of fused-ring (bicyclic) bond motifs is 2. The molecular weight excluding hydrogens is 462 g/mol. The molecule has 2 unspecified atom stereocenters. The highest BCUT2D eigenvalue weighted by Gasteiger charge is 2.50. The van der Waals surface area contributed by atoms with Crippen LogP contribution in [0.15, 0.2) is 65.6 Å². The lowest BCUT2D eigenvalue weighted by molar-refractivity contribution is -0.134. The van der Waals surface area contributed by atoms with Gasteiger partial charge in [0.15, 0.2) is 0 Å². The smallest absolute Gasteiger partial charge is 0.325 e. The molecule has 2 heterocycles. The average Bonchev–Trinajstić information content (AvgIpc) is 2.98. The molecule has 180 valence electrons. The number of rotatable bonds is 4. The monoisotopic (exact) mass is 489 g/mol. The third-order valence-corrected chi connectivity index (χ3v) is 7.97. The number of hydrogen-bond donors (Lipinski definition) is 1. The number of ether oxygens (including phenoxy) is 1. The fourth-order valence-corrected chi connectivity index (χ4v) is 5.78. The quantitative estimate of drug-likeness (QED) is 0.545. The number of para-hydroxylation sites is 1. The van der Waals surface area contributed by atoms with Gasteiger partial charge >= 0.3 is 6.03 Å². The van der Waals surface area contributed by atoms with Crippen LogP contribution in [0.3, 0.4) is 0 Å². The molecule has 0 radical (unpaired) electrons. The van der Waals surface area contributed by atoms with Gasteiger partial charge in [0, 0.05) is 16.7 Å². The van der Waals surface area contributed by atoms with Gasteiger partial charge in [-0.2, -0.15) is 0 Å². The van der Waals surface area contributed by atoms with Gasteiger partial charge in [-0.05, 0) is 60.0 Å². The van der Waals surface area contributed by atoms with Crippen LogP contribution < -0.4 is 15.0 Å². The second-order valence-electron chi connectivity index (χ2n) is 9.10. The van der Waals surface area contributed by atoms with E-state index in [0.29, 0.717) is 17.4 Å². The Morgan fingerprint density at radius 1 is 1.11 bits per heavy atom. The Morgan fingerprint density at radius 2 is 1.86 bits per heavy atom. The predicted molar refractivity (Wildman–Crippen MR) is 137 cm³/mol. The molecule has 1 saturated heterocycles. The lowest BCUT2D eigenvalue weighted by atomic mass is 9.90. The number of anilines is 1. The summed E-state index contributed by atoms with van der Waals surface area (Å²) in [5.41, 5.74) is 0.229. The third kappa shape index (κ3) is 4.12. The van der Waals surface area contributed by atoms with E-state index >= 15 is 0 Å². The number of amides is 4. The number of urea groups is 1. The van der Waals surface area contributed by atoms with E-state index in [4.69, 9.17) is 4.74 Å². The molecule has 3 aromatic carbocycles. The molecule has 0 aromatic heterocycles. The van der Waals surface area contributed by atoms with Crippen LogP contribution in [-0.4, -0.2) is 48.2 Å². The number of hydrogen-bond acceptors (Lipinski definition) is 5. The standard InChI is InChI=1S/C27H27N3O4S/c1-17-12-13-29(22-6-4-5-7-23(22)35-17)24(31)16-30-25(32)27(2,28-26(30)33)20-10-8-19-15-21(34-3)11-9-18(19)14-20/h4-11,14-15,17H,12-13,16H2,1-3H3,(H,28,33). The zero-order chi connectivity index (χ0) is 24.7. The van der Waals surface area contributed by atoms with Crippen LogP contribution in [0.2, 0.25) is 0 Å². The van der Waals surface area contributed by atoms with E-state index in [1.54, 1.807) is 30.7 Å². The Morgan fingerprint density at radius 3 is 2.66 bits per heavy atom. The van der Waals surface area contributed by atoms with Crippen LogP contribution in [0.4, 0.5) is 10.5 Å². The van der Waals surface area contributed by atoms with Crippen LogP contribution in [0.25, 0.3) is 10.8 Å². The van der Waals surface area contributed by atoms with Crippen molar-refractivity contribution in [2.75, 3.05) is 25.1 Å². The number of carbonyl (C=O) groups is 3. The molecule has 35 heavy (non-hydrogen) atoms. The lowest BCUT2D eigenvalue weighted by Gasteiger charge is -2.25. The van der Waals surface area contributed by atoms with Crippen molar-refractivity contribution < 1.29 is 19.1 Å². The molecule has 0 spiro atoms. The van der Waals surface area contributed by atoms with Crippen LogP contribution in [0, 0.1) is 0 Å². The average molecular weight is 490 g/mol. The second kappa shape index (κ2) is 8.92. The Balaban J connectivity index is 1.40. The third-order valence-electron chi connectivity index (χ3n) is 6.74. The maximum atomic E-state index is 13.5. The summed E-state index contributed by atoms with van der Waals surface area (Å²) >= 11 is 1.74. The Bertz CT molecular complexity index is 1340. The van der Waals surface area contributed by atoms with Gasteiger partial charge in [0.25, 0.3) is 5.91 Å². The summed E-state index contributed by atoms with van der Waals surface area (Å²) in [6.45, 7) is 4.05. The summed E-state index contributed by atoms with van der Waals surface area (Å²) in [5, 5.41) is 5.07. The van der Waals surface area contributed by atoms with E-state index in [0.717, 1.165) is 38.4 Å². The Hall–Kier alpha value is -3.52. The van der Waals surface area contributed by atoms with Gasteiger partial charge in [0.2, 0.25) is 5.91 Å². The molecule has 2 aliphatic heterocycles. The number of benzene rings is 3. The van der Waals surface area contributed by atoms with Gasteiger partial charge in [-0.1, -0.05) is 37.3 Å². The molecule has 0 saturated carbocycles. The normalized spacial score (nSPS) is 22.1. The number of nitrogens with zero attached hydrogens (tertiary/aromatic N) is 2. The molecule has 4 amide bonds. The van der Waals surface area contributed by atoms with E-state index in [1.165, 1.54) is 0 Å². The molecule has 1 N–H and O–H groups in total. The van der Waals surface area contributed by atoms with Gasteiger partial charge in [0.1, 0.15) is 17.8 Å². The van der Waals surface area contributed by atoms with Crippen LogP contribution >= 0.6 is 11.8 Å². The summed E-state index contributed by atoms with van der Waals surface area (Å²) in [4.78, 5) is 43.6. The van der Waals surface area contributed by atoms with Gasteiger partial charge in [-0.25, -0.2) is 4.79 Å². The summed E-state index contributed by atoms with van der Waals surface area (Å²) in [6, 6.07) is 18.5. The summed E-state index contributed by atoms with van der Waals surface area (Å²) < 4.78 is 5.28. The van der Waals surface area contributed by atoms with Crippen molar-refractivity contribution in [2.24, 2.45) is 0 Å². The van der Waals surface area contributed by atoms with E-state index in [-0.39, 0.29) is 12.5 Å². The largest absolute Gasteiger partial charge is 0.497 e. The number of nitrogens with one attached hydrogen (secondary N) is 1. The molecular formula is C27H27N3O4S. The first-order chi connectivity index (χ1) is 16.8. The van der Waals surface area contributed by atoms with E-state index in [2.05, 4.69) is 12.2 Å². The molecule has 1 fully saturated rings. The SMILES string of the molecule is COc1ccc2cc(C3(C)NC(=O)N(CC(=O)N4CCC(C)Sc5ccccc54)C3=O)ccc2c1. The summed E-state index contributed by atoms with van der Waals surface area (Å²) in [5.74, 6) is 0.0364. The number of imide groups is 1. The van der Waals surface area contributed by atoms with Gasteiger partial charge < -0.3 is 15.0 Å². The van der Waals surface area contributed by atoms with E-state index in [9.17, 15) is 14.4 Å². The van der Waals surface area contributed by atoms with E-state index < -0.39 is 17.5 Å². The molecule has 3 aromatic rings. The molecule has 0 bridgehead atoms.